The van der Waals surface area contributed by atoms with Crippen molar-refractivity contribution >= 4 is 11.6 Å². The Balaban J connectivity index is 0.00000144. The first-order chi connectivity index (χ1) is 10.1. The van der Waals surface area contributed by atoms with Crippen molar-refractivity contribution in [2.45, 2.75) is 39.3 Å². The second-order valence-electron chi connectivity index (χ2n) is 5.79. The molecular weight excluding hydrogens is 344 g/mol. The number of halogens is 1. The molecule has 0 aliphatic heterocycles. The van der Waals surface area contributed by atoms with E-state index in [4.69, 9.17) is 0 Å². The van der Waals surface area contributed by atoms with Gasteiger partial charge in [0.25, 0.3) is 5.82 Å². The Morgan fingerprint density at radius 1 is 1.14 bits per heavy atom. The maximum Gasteiger partial charge on any atom is 0.254 e. The second-order valence-corrected chi connectivity index (χ2v) is 5.79. The van der Waals surface area contributed by atoms with Crippen molar-refractivity contribution in [2.24, 2.45) is 0 Å². The van der Waals surface area contributed by atoms with Crippen LogP contribution in [0.1, 0.15) is 63.7 Å². The Morgan fingerprint density at radius 2 is 1.73 bits per heavy atom. The fourth-order valence-electron chi connectivity index (χ4n) is 3.44. The van der Waals surface area contributed by atoms with Crippen molar-refractivity contribution in [3.63, 3.8) is 0 Å². The summed E-state index contributed by atoms with van der Waals surface area (Å²) in [5.41, 5.74) is 2.24. The van der Waals surface area contributed by atoms with Crippen LogP contribution in [0, 0.1) is 6.92 Å². The number of carbonyl (C=O) groups excluding carboxylic acids is 2. The largest absolute Gasteiger partial charge is 1.00 e. The molecule has 1 fully saturated rings. The minimum Gasteiger partial charge on any atom is -1.00 e. The van der Waals surface area contributed by atoms with Crippen LogP contribution in [0.2, 0.25) is 0 Å². The van der Waals surface area contributed by atoms with Gasteiger partial charge in [-0.3, -0.25) is 9.59 Å². The summed E-state index contributed by atoms with van der Waals surface area (Å²) < 4.78 is 4.08. The molecule has 2 aliphatic carbocycles. The lowest BCUT2D eigenvalue weighted by atomic mass is 9.90. The number of carbonyl (C=O) groups is 2. The molecule has 1 aromatic carbocycles. The number of rotatable bonds is 2. The summed E-state index contributed by atoms with van der Waals surface area (Å²) in [6.45, 7) is 4.73. The lowest BCUT2D eigenvalue weighted by molar-refractivity contribution is -0.700. The zero-order valence-electron chi connectivity index (χ0n) is 12.6. The van der Waals surface area contributed by atoms with Crippen LogP contribution in [0.3, 0.4) is 0 Å². The molecule has 0 spiro atoms. The molecule has 2 aromatic rings. The summed E-state index contributed by atoms with van der Waals surface area (Å²) in [4.78, 5) is 25.8. The molecule has 1 saturated carbocycles. The number of ketones is 2. The number of benzene rings is 1. The van der Waals surface area contributed by atoms with Gasteiger partial charge >= 0.3 is 0 Å². The molecule has 1 heterocycles. The van der Waals surface area contributed by atoms with Crippen LogP contribution in [0.15, 0.2) is 24.3 Å². The molecule has 5 heteroatoms. The normalized spacial score (nSPS) is 16.1. The average Bonchev–Trinajstić information content (AvgIpc) is 3.28. The molecule has 2 aliphatic rings. The highest BCUT2D eigenvalue weighted by Gasteiger charge is 2.46. The number of imidazole rings is 1. The summed E-state index contributed by atoms with van der Waals surface area (Å²) >= 11 is 0. The van der Waals surface area contributed by atoms with Gasteiger partial charge in [-0.25, -0.2) is 9.13 Å². The van der Waals surface area contributed by atoms with Gasteiger partial charge in [0.2, 0.25) is 23.0 Å². The predicted molar refractivity (Wildman–Crippen MR) is 76.6 cm³/mol. The SMILES string of the molecule is CC[n+]1c2c(n(C3CC3)c1C)C(=O)c1ccccc1C2=O.[Br-]. The third kappa shape index (κ3) is 1.85. The average molecular weight is 361 g/mol. The predicted octanol–water partition coefficient (Wildman–Crippen LogP) is -0.782. The maximum atomic E-state index is 12.9. The number of fused-ring (bicyclic) bond motifs is 2. The molecule has 4 nitrogen and oxygen atoms in total. The summed E-state index contributed by atoms with van der Waals surface area (Å²) in [6.07, 6.45) is 2.18. The van der Waals surface area contributed by atoms with Gasteiger partial charge in [0, 0.05) is 18.1 Å². The van der Waals surface area contributed by atoms with E-state index in [9.17, 15) is 9.59 Å². The Kier molecular flexibility index (Phi) is 3.56. The minimum atomic E-state index is -0.0236. The Hall–Kier alpha value is -1.75. The Morgan fingerprint density at radius 3 is 2.27 bits per heavy atom. The van der Waals surface area contributed by atoms with Gasteiger partial charge in [0.15, 0.2) is 0 Å². The monoisotopic (exact) mass is 360 g/mol. The summed E-state index contributed by atoms with van der Waals surface area (Å²) in [7, 11) is 0. The van der Waals surface area contributed by atoms with Crippen LogP contribution in [0.25, 0.3) is 0 Å². The third-order valence-corrected chi connectivity index (χ3v) is 4.55. The summed E-state index contributed by atoms with van der Waals surface area (Å²) in [5.74, 6) is 0.978. The molecule has 0 atom stereocenters. The van der Waals surface area contributed by atoms with E-state index in [2.05, 4.69) is 4.57 Å². The van der Waals surface area contributed by atoms with Crippen LogP contribution >= 0.6 is 0 Å². The van der Waals surface area contributed by atoms with Crippen molar-refractivity contribution in [3.05, 3.63) is 52.6 Å². The molecule has 1 aromatic heterocycles. The Bertz CT molecular complexity index is 803. The smallest absolute Gasteiger partial charge is 0.254 e. The standard InChI is InChI=1S/C17H17N2O2.BrH/c1-3-18-10(2)19(11-8-9-11)15-14(18)16(20)12-6-4-5-7-13(12)17(15)21;/h4-7,11H,3,8-9H2,1-2H3;1H/q+1;/p-1. The molecule has 22 heavy (non-hydrogen) atoms. The van der Waals surface area contributed by atoms with Crippen LogP contribution in [-0.2, 0) is 6.54 Å². The van der Waals surface area contributed by atoms with Crippen LogP contribution in [-0.4, -0.2) is 16.1 Å². The highest BCUT2D eigenvalue weighted by molar-refractivity contribution is 6.26. The molecule has 0 radical (unpaired) electrons. The summed E-state index contributed by atoms with van der Waals surface area (Å²) in [5, 5.41) is 0. The van der Waals surface area contributed by atoms with Gasteiger partial charge in [-0.1, -0.05) is 24.3 Å². The van der Waals surface area contributed by atoms with Gasteiger partial charge in [-0.2, -0.15) is 0 Å². The molecular formula is C17H17BrN2O2. The van der Waals surface area contributed by atoms with Gasteiger partial charge in [-0.05, 0) is 19.8 Å². The zero-order valence-corrected chi connectivity index (χ0v) is 14.2. The number of aromatic nitrogens is 2. The third-order valence-electron chi connectivity index (χ3n) is 4.55. The van der Waals surface area contributed by atoms with Crippen molar-refractivity contribution in [2.75, 3.05) is 0 Å². The van der Waals surface area contributed by atoms with Gasteiger partial charge in [0.1, 0.15) is 6.04 Å². The lowest BCUT2D eigenvalue weighted by Gasteiger charge is -2.12. The number of hydrogen-bond donors (Lipinski definition) is 0. The maximum absolute atomic E-state index is 12.9. The highest BCUT2D eigenvalue weighted by atomic mass is 79.9. The van der Waals surface area contributed by atoms with E-state index in [0.717, 1.165) is 18.7 Å². The van der Waals surface area contributed by atoms with Gasteiger partial charge in [-0.15, -0.1) is 0 Å². The fourth-order valence-corrected chi connectivity index (χ4v) is 3.44. The van der Waals surface area contributed by atoms with E-state index in [1.54, 1.807) is 12.1 Å². The zero-order chi connectivity index (χ0) is 14.7. The summed E-state index contributed by atoms with van der Waals surface area (Å²) in [6, 6.07) is 7.53. The van der Waals surface area contributed by atoms with Gasteiger partial charge < -0.3 is 17.0 Å². The van der Waals surface area contributed by atoms with Crippen LogP contribution in [0.5, 0.6) is 0 Å². The molecule has 0 saturated heterocycles. The molecule has 114 valence electrons. The van der Waals surface area contributed by atoms with E-state index in [1.165, 1.54) is 0 Å². The quantitative estimate of drug-likeness (QED) is 0.562. The van der Waals surface area contributed by atoms with Crippen molar-refractivity contribution in [3.8, 4) is 0 Å². The minimum absolute atomic E-state index is 0. The van der Waals surface area contributed by atoms with Crippen LogP contribution < -0.4 is 21.5 Å². The molecule has 0 amide bonds. The van der Waals surface area contributed by atoms with Gasteiger partial charge in [0.05, 0.1) is 6.54 Å². The number of hydrogen-bond acceptors (Lipinski definition) is 2. The van der Waals surface area contributed by atoms with E-state index < -0.39 is 0 Å². The molecule has 0 unspecified atom stereocenters. The first kappa shape index (κ1) is 15.2. The van der Waals surface area contributed by atoms with Crippen molar-refractivity contribution in [1.82, 2.24) is 4.57 Å². The topological polar surface area (TPSA) is 43.0 Å². The lowest BCUT2D eigenvalue weighted by Crippen LogP contribution is -3.00. The van der Waals surface area contributed by atoms with E-state index in [-0.39, 0.29) is 28.5 Å². The first-order valence-electron chi connectivity index (χ1n) is 7.48. The van der Waals surface area contributed by atoms with Crippen molar-refractivity contribution in [1.29, 1.82) is 0 Å². The molecule has 0 bridgehead atoms. The van der Waals surface area contributed by atoms with E-state index >= 15 is 0 Å². The second kappa shape index (κ2) is 5.16. The van der Waals surface area contributed by atoms with Crippen molar-refractivity contribution < 1.29 is 31.1 Å². The molecule has 0 N–H and O–H groups in total. The number of nitrogens with zero attached hydrogens (tertiary/aromatic N) is 2. The first-order valence-corrected chi connectivity index (χ1v) is 7.48. The molecule has 4 rings (SSSR count). The van der Waals surface area contributed by atoms with E-state index in [1.807, 2.05) is 30.5 Å². The van der Waals surface area contributed by atoms with E-state index in [0.29, 0.717) is 35.1 Å². The highest BCUT2D eigenvalue weighted by Crippen LogP contribution is 2.39. The fraction of sp³-hybridized carbons (Fsp3) is 0.353. The Labute approximate surface area is 139 Å². The van der Waals surface area contributed by atoms with Crippen LogP contribution in [0.4, 0.5) is 0 Å².